The van der Waals surface area contributed by atoms with Gasteiger partial charge in [-0.3, -0.25) is 4.79 Å². The van der Waals surface area contributed by atoms with Gasteiger partial charge in [0.15, 0.2) is 0 Å². The van der Waals surface area contributed by atoms with E-state index in [1.165, 1.54) is 30.3 Å². The number of alkyl halides is 3. The second kappa shape index (κ2) is 14.6. The maximum Gasteiger partial charge on any atom is 0.416 e. The van der Waals surface area contributed by atoms with Crippen LogP contribution in [0.4, 0.5) is 24.5 Å². The molecule has 0 unspecified atom stereocenters. The van der Waals surface area contributed by atoms with E-state index >= 15 is 0 Å². The number of nitrogens with one attached hydrogen (secondary N) is 1. The number of Topliss-reactive ketones (excluding diaryl/α,β-unsaturated/α-hetero) is 1. The van der Waals surface area contributed by atoms with E-state index in [1.54, 1.807) is 36.4 Å². The van der Waals surface area contributed by atoms with E-state index in [9.17, 15) is 27.6 Å². The molecule has 206 valence electrons. The van der Waals surface area contributed by atoms with Crippen molar-refractivity contribution in [2.75, 3.05) is 45.0 Å². The van der Waals surface area contributed by atoms with Crippen molar-refractivity contribution in [2.45, 2.75) is 6.18 Å². The van der Waals surface area contributed by atoms with E-state index in [-0.39, 0.29) is 56.5 Å². The van der Waals surface area contributed by atoms with Crippen LogP contribution >= 0.6 is 0 Å². The highest BCUT2D eigenvalue weighted by Gasteiger charge is 2.30. The quantitative estimate of drug-likeness (QED) is 0.130. The van der Waals surface area contributed by atoms with Crippen LogP contribution in [0, 0.1) is 0 Å². The molecule has 3 rings (SSSR count). The summed E-state index contributed by atoms with van der Waals surface area (Å²) in [7, 11) is 0. The summed E-state index contributed by atoms with van der Waals surface area (Å²) >= 11 is 0. The molecule has 0 saturated carbocycles. The molecule has 0 fully saturated rings. The smallest absolute Gasteiger partial charge is 0.416 e. The van der Waals surface area contributed by atoms with Gasteiger partial charge in [-0.25, -0.2) is 9.59 Å². The van der Waals surface area contributed by atoms with Crippen molar-refractivity contribution in [3.05, 3.63) is 95.6 Å². The fourth-order valence-electron chi connectivity index (χ4n) is 3.26. The Bertz CT molecular complexity index is 1250. The fourth-order valence-corrected chi connectivity index (χ4v) is 3.26. The molecule has 0 radical (unpaired) electrons. The van der Waals surface area contributed by atoms with Crippen LogP contribution in [0.1, 0.15) is 26.3 Å². The zero-order valence-corrected chi connectivity index (χ0v) is 20.7. The summed E-state index contributed by atoms with van der Waals surface area (Å²) in [4.78, 5) is 36.1. The first-order valence-electron chi connectivity index (χ1n) is 11.9. The number of carbonyl (C=O) groups excluding carboxylic acids is 3. The lowest BCUT2D eigenvalue weighted by Gasteiger charge is -2.13. The third-order valence-corrected chi connectivity index (χ3v) is 5.13. The standard InChI is InChI=1S/C28H26F3NO7/c29-28(30,31)21-9-6-10-22(19-21)32-24-12-5-4-11-23(24)26(34)38-17-15-36-13-14-37-16-18-39-27(35)25(33)20-7-2-1-3-8-20/h1-12,19,32H,13-18H2. The molecule has 3 aromatic carbocycles. The number of benzene rings is 3. The largest absolute Gasteiger partial charge is 0.460 e. The molecule has 11 heteroatoms. The number of ether oxygens (including phenoxy) is 4. The monoisotopic (exact) mass is 545 g/mol. The maximum atomic E-state index is 13.0. The first-order chi connectivity index (χ1) is 18.8. The predicted molar refractivity (Wildman–Crippen MR) is 135 cm³/mol. The van der Waals surface area contributed by atoms with Crippen LogP contribution in [0.2, 0.25) is 0 Å². The highest BCUT2D eigenvalue weighted by molar-refractivity contribution is 6.40. The molecule has 0 aliphatic rings. The highest BCUT2D eigenvalue weighted by Crippen LogP contribution is 2.32. The maximum absolute atomic E-state index is 13.0. The molecule has 0 spiro atoms. The lowest BCUT2D eigenvalue weighted by atomic mass is 10.1. The van der Waals surface area contributed by atoms with E-state index in [1.807, 2.05) is 0 Å². The van der Waals surface area contributed by atoms with Crippen molar-refractivity contribution < 1.29 is 46.5 Å². The summed E-state index contributed by atoms with van der Waals surface area (Å²) in [6.45, 7) is 0.365. The fraction of sp³-hybridized carbons (Fsp3) is 0.250. The van der Waals surface area contributed by atoms with Gasteiger partial charge in [0, 0.05) is 11.3 Å². The number of para-hydroxylation sites is 1. The third kappa shape index (κ3) is 9.55. The Labute approximate surface area is 222 Å². The van der Waals surface area contributed by atoms with E-state index < -0.39 is 29.5 Å². The minimum Gasteiger partial charge on any atom is -0.460 e. The van der Waals surface area contributed by atoms with E-state index in [4.69, 9.17) is 18.9 Å². The number of rotatable bonds is 14. The number of ketones is 1. The number of esters is 2. The minimum atomic E-state index is -4.49. The topological polar surface area (TPSA) is 100 Å². The molecule has 0 bridgehead atoms. The molecule has 0 heterocycles. The van der Waals surface area contributed by atoms with Gasteiger partial charge in [-0.1, -0.05) is 48.5 Å². The summed E-state index contributed by atoms with van der Waals surface area (Å²) < 4.78 is 59.6. The normalized spacial score (nSPS) is 11.1. The Balaban J connectivity index is 1.31. The molecule has 0 saturated heterocycles. The van der Waals surface area contributed by atoms with Crippen molar-refractivity contribution in [1.82, 2.24) is 0 Å². The van der Waals surface area contributed by atoms with Gasteiger partial charge in [-0.2, -0.15) is 13.2 Å². The van der Waals surface area contributed by atoms with Gasteiger partial charge in [0.2, 0.25) is 0 Å². The van der Waals surface area contributed by atoms with Gasteiger partial charge in [0.05, 0.1) is 43.2 Å². The van der Waals surface area contributed by atoms with Crippen molar-refractivity contribution in [3.8, 4) is 0 Å². The minimum absolute atomic E-state index is 0.0596. The Morgan fingerprint density at radius 1 is 0.692 bits per heavy atom. The molecule has 0 atom stereocenters. The van der Waals surface area contributed by atoms with E-state index in [0.717, 1.165) is 12.1 Å². The van der Waals surface area contributed by atoms with Crippen molar-refractivity contribution >= 4 is 29.1 Å². The molecular weight excluding hydrogens is 519 g/mol. The van der Waals surface area contributed by atoms with Gasteiger partial charge in [-0.05, 0) is 30.3 Å². The van der Waals surface area contributed by atoms with E-state index in [0.29, 0.717) is 5.69 Å². The number of halogens is 3. The summed E-state index contributed by atoms with van der Waals surface area (Å²) in [6.07, 6.45) is -4.49. The average Bonchev–Trinajstić information content (AvgIpc) is 2.94. The molecule has 1 N–H and O–H groups in total. The number of anilines is 2. The molecular formula is C28H26F3NO7. The van der Waals surface area contributed by atoms with Crippen molar-refractivity contribution in [2.24, 2.45) is 0 Å². The second-order valence-corrected chi connectivity index (χ2v) is 7.94. The lowest BCUT2D eigenvalue weighted by Crippen LogP contribution is -2.20. The van der Waals surface area contributed by atoms with Gasteiger partial charge in [0.1, 0.15) is 13.2 Å². The zero-order valence-electron chi connectivity index (χ0n) is 20.7. The van der Waals surface area contributed by atoms with Gasteiger partial charge < -0.3 is 24.3 Å². The Hall–Kier alpha value is -4.22. The van der Waals surface area contributed by atoms with Crippen molar-refractivity contribution in [1.29, 1.82) is 0 Å². The lowest BCUT2D eigenvalue weighted by molar-refractivity contribution is -0.140. The Kier molecular flexibility index (Phi) is 11.0. The van der Waals surface area contributed by atoms with Crippen LogP contribution in [-0.2, 0) is 29.9 Å². The molecule has 0 aliphatic carbocycles. The SMILES string of the molecule is O=C(OCCOCCOCCOC(=O)c1ccccc1Nc1cccc(C(F)(F)F)c1)C(=O)c1ccccc1. The number of carbonyl (C=O) groups is 3. The first kappa shape index (κ1) is 29.3. The Morgan fingerprint density at radius 3 is 2.00 bits per heavy atom. The van der Waals surface area contributed by atoms with Crippen LogP contribution in [0.3, 0.4) is 0 Å². The molecule has 0 aromatic heterocycles. The molecule has 39 heavy (non-hydrogen) atoms. The zero-order chi connectivity index (χ0) is 28.1. The van der Waals surface area contributed by atoms with Crippen LogP contribution in [0.5, 0.6) is 0 Å². The summed E-state index contributed by atoms with van der Waals surface area (Å²) in [5.74, 6) is -2.37. The van der Waals surface area contributed by atoms with Crippen LogP contribution < -0.4 is 5.32 Å². The first-order valence-corrected chi connectivity index (χ1v) is 11.9. The molecule has 0 amide bonds. The van der Waals surface area contributed by atoms with Crippen LogP contribution in [0.15, 0.2) is 78.9 Å². The highest BCUT2D eigenvalue weighted by atomic mass is 19.4. The van der Waals surface area contributed by atoms with Crippen LogP contribution in [-0.4, -0.2) is 57.4 Å². The second-order valence-electron chi connectivity index (χ2n) is 7.94. The van der Waals surface area contributed by atoms with Gasteiger partial charge in [0.25, 0.3) is 5.78 Å². The number of hydrogen-bond acceptors (Lipinski definition) is 8. The van der Waals surface area contributed by atoms with E-state index in [2.05, 4.69) is 5.32 Å². The average molecular weight is 546 g/mol. The van der Waals surface area contributed by atoms with Crippen LogP contribution in [0.25, 0.3) is 0 Å². The predicted octanol–water partition coefficient (Wildman–Crippen LogP) is 5.07. The van der Waals surface area contributed by atoms with Crippen molar-refractivity contribution in [3.63, 3.8) is 0 Å². The molecule has 8 nitrogen and oxygen atoms in total. The van der Waals surface area contributed by atoms with Gasteiger partial charge >= 0.3 is 18.1 Å². The summed E-state index contributed by atoms with van der Waals surface area (Å²) in [5, 5.41) is 2.82. The Morgan fingerprint density at radius 2 is 1.31 bits per heavy atom. The molecule has 3 aromatic rings. The van der Waals surface area contributed by atoms with Gasteiger partial charge in [-0.15, -0.1) is 0 Å². The number of hydrogen-bond donors (Lipinski definition) is 1. The summed E-state index contributed by atoms with van der Waals surface area (Å²) in [5.41, 5.74) is 0.0488. The molecule has 0 aliphatic heterocycles. The third-order valence-electron chi connectivity index (χ3n) is 5.13. The summed E-state index contributed by atoms with van der Waals surface area (Å²) in [6, 6.07) is 19.0.